The van der Waals surface area contributed by atoms with E-state index in [1.807, 2.05) is 48.5 Å². The lowest BCUT2D eigenvalue weighted by Gasteiger charge is -2.11. The second-order valence-electron chi connectivity index (χ2n) is 6.55. The molecule has 0 bridgehead atoms. The minimum Gasteiger partial charge on any atom is -0.270 e. The molecule has 4 aromatic rings. The number of hydrogen-bond donors (Lipinski definition) is 0. The molecule has 0 atom stereocenters. The Hall–Kier alpha value is -2.27. The Kier molecular flexibility index (Phi) is 6.24. The van der Waals surface area contributed by atoms with Crippen LogP contribution in [-0.4, -0.2) is 14.8 Å². The third-order valence-corrected chi connectivity index (χ3v) is 6.25. The predicted molar refractivity (Wildman–Crippen MR) is 122 cm³/mol. The van der Waals surface area contributed by atoms with Crippen LogP contribution in [0.3, 0.4) is 0 Å². The molecule has 1 aromatic heterocycles. The molecule has 0 saturated carbocycles. The Morgan fingerprint density at radius 2 is 1.59 bits per heavy atom. The second kappa shape index (κ2) is 9.04. The average Bonchev–Trinajstić information content (AvgIpc) is 3.17. The van der Waals surface area contributed by atoms with Crippen LogP contribution in [0.25, 0.3) is 17.1 Å². The van der Waals surface area contributed by atoms with Gasteiger partial charge in [0.15, 0.2) is 11.0 Å². The van der Waals surface area contributed by atoms with Gasteiger partial charge in [0.2, 0.25) is 0 Å². The summed E-state index contributed by atoms with van der Waals surface area (Å²) in [6.45, 7) is 2.15. The fraction of sp³-hybridized carbons (Fsp3) is 0.130. The molecule has 0 radical (unpaired) electrons. The fourth-order valence-corrected chi connectivity index (χ4v) is 4.38. The molecule has 0 aliphatic carbocycles. The van der Waals surface area contributed by atoms with Gasteiger partial charge in [0.05, 0.1) is 0 Å². The lowest BCUT2D eigenvalue weighted by molar-refractivity contribution is 0.885. The molecule has 0 amide bonds. The van der Waals surface area contributed by atoms with E-state index in [4.69, 9.17) is 23.2 Å². The third-order valence-electron chi connectivity index (χ3n) is 4.65. The Labute approximate surface area is 184 Å². The standard InChI is InChI=1S/C23H19Cl2N3S/c1-2-16-7-13-20(14-8-16)28-22(17-9-11-19(24)12-10-17)26-27-23(28)29-15-18-5-3-4-6-21(18)25/h3-14H,2,15H2,1H3. The number of hydrogen-bond acceptors (Lipinski definition) is 3. The van der Waals surface area contributed by atoms with E-state index in [0.717, 1.165) is 39.2 Å². The van der Waals surface area contributed by atoms with Crippen LogP contribution in [-0.2, 0) is 12.2 Å². The SMILES string of the molecule is CCc1ccc(-n2c(SCc3ccccc3Cl)nnc2-c2ccc(Cl)cc2)cc1. The molecule has 0 aliphatic heterocycles. The normalized spacial score (nSPS) is 11.0. The van der Waals surface area contributed by atoms with Crippen molar-refractivity contribution in [2.45, 2.75) is 24.3 Å². The maximum atomic E-state index is 6.33. The zero-order chi connectivity index (χ0) is 20.2. The van der Waals surface area contributed by atoms with E-state index in [9.17, 15) is 0 Å². The summed E-state index contributed by atoms with van der Waals surface area (Å²) in [7, 11) is 0. The van der Waals surface area contributed by atoms with E-state index in [2.05, 4.69) is 46.0 Å². The topological polar surface area (TPSA) is 30.7 Å². The highest BCUT2D eigenvalue weighted by Crippen LogP contribution is 2.31. The Balaban J connectivity index is 1.74. The van der Waals surface area contributed by atoms with Crippen LogP contribution in [0, 0.1) is 0 Å². The lowest BCUT2D eigenvalue weighted by atomic mass is 10.1. The van der Waals surface area contributed by atoms with Gasteiger partial charge in [-0.25, -0.2) is 0 Å². The van der Waals surface area contributed by atoms with Crippen molar-refractivity contribution in [2.24, 2.45) is 0 Å². The predicted octanol–water partition coefficient (Wildman–Crippen LogP) is 7.10. The number of rotatable bonds is 6. The first kappa shape index (κ1) is 20.0. The van der Waals surface area contributed by atoms with Gasteiger partial charge in [-0.05, 0) is 60.0 Å². The molecule has 3 nitrogen and oxygen atoms in total. The molecule has 0 aliphatic rings. The first-order valence-electron chi connectivity index (χ1n) is 9.32. The molecule has 0 saturated heterocycles. The first-order chi connectivity index (χ1) is 14.2. The average molecular weight is 440 g/mol. The Bertz CT molecular complexity index is 1110. The second-order valence-corrected chi connectivity index (χ2v) is 8.33. The quantitative estimate of drug-likeness (QED) is 0.300. The van der Waals surface area contributed by atoms with Gasteiger partial charge < -0.3 is 0 Å². The maximum absolute atomic E-state index is 6.33. The molecule has 0 spiro atoms. The van der Waals surface area contributed by atoms with E-state index in [-0.39, 0.29) is 0 Å². The minimum atomic E-state index is 0.695. The Morgan fingerprint density at radius 3 is 2.28 bits per heavy atom. The molecule has 146 valence electrons. The fourth-order valence-electron chi connectivity index (χ4n) is 3.02. The smallest absolute Gasteiger partial charge is 0.196 e. The molecule has 6 heteroatoms. The molecular weight excluding hydrogens is 421 g/mol. The number of aromatic nitrogens is 3. The van der Waals surface area contributed by atoms with Crippen LogP contribution in [0.5, 0.6) is 0 Å². The summed E-state index contributed by atoms with van der Waals surface area (Å²) in [5.74, 6) is 1.50. The van der Waals surface area contributed by atoms with E-state index in [0.29, 0.717) is 10.8 Å². The molecule has 0 unspecified atom stereocenters. The molecule has 0 N–H and O–H groups in total. The molecular formula is C23H19Cl2N3S. The van der Waals surface area contributed by atoms with Gasteiger partial charge in [0.1, 0.15) is 0 Å². The van der Waals surface area contributed by atoms with Crippen LogP contribution in [0.4, 0.5) is 0 Å². The summed E-state index contributed by atoms with van der Waals surface area (Å²) in [5, 5.41) is 11.2. The van der Waals surface area contributed by atoms with Crippen molar-refractivity contribution < 1.29 is 0 Å². The zero-order valence-electron chi connectivity index (χ0n) is 15.8. The third kappa shape index (κ3) is 4.50. The van der Waals surface area contributed by atoms with E-state index in [1.54, 1.807) is 11.8 Å². The van der Waals surface area contributed by atoms with E-state index >= 15 is 0 Å². The summed E-state index contributed by atoms with van der Waals surface area (Å²) in [6, 6.07) is 24.0. The Morgan fingerprint density at radius 1 is 0.862 bits per heavy atom. The van der Waals surface area contributed by atoms with Crippen molar-refractivity contribution in [1.29, 1.82) is 0 Å². The summed E-state index contributed by atoms with van der Waals surface area (Å²) >= 11 is 14.0. The largest absolute Gasteiger partial charge is 0.270 e. The van der Waals surface area contributed by atoms with Crippen molar-refractivity contribution in [3.63, 3.8) is 0 Å². The first-order valence-corrected chi connectivity index (χ1v) is 11.1. The maximum Gasteiger partial charge on any atom is 0.196 e. The van der Waals surface area contributed by atoms with Crippen LogP contribution in [0.15, 0.2) is 78.0 Å². The summed E-state index contributed by atoms with van der Waals surface area (Å²) in [6.07, 6.45) is 1.00. The van der Waals surface area contributed by atoms with Gasteiger partial charge in [-0.15, -0.1) is 10.2 Å². The molecule has 4 rings (SSSR count). The highest BCUT2D eigenvalue weighted by atomic mass is 35.5. The number of halogens is 2. The van der Waals surface area contributed by atoms with Gasteiger partial charge in [0, 0.05) is 27.0 Å². The van der Waals surface area contributed by atoms with Crippen LogP contribution >= 0.6 is 35.0 Å². The van der Waals surface area contributed by atoms with Gasteiger partial charge in [-0.1, -0.05) is 72.2 Å². The number of benzene rings is 3. The molecule has 3 aromatic carbocycles. The number of thioether (sulfide) groups is 1. The van der Waals surface area contributed by atoms with Gasteiger partial charge in [-0.2, -0.15) is 0 Å². The highest BCUT2D eigenvalue weighted by Gasteiger charge is 2.17. The zero-order valence-corrected chi connectivity index (χ0v) is 18.2. The lowest BCUT2D eigenvalue weighted by Crippen LogP contribution is -2.00. The van der Waals surface area contributed by atoms with Crippen molar-refractivity contribution in [2.75, 3.05) is 0 Å². The highest BCUT2D eigenvalue weighted by molar-refractivity contribution is 7.98. The van der Waals surface area contributed by atoms with Crippen molar-refractivity contribution >= 4 is 35.0 Å². The number of aryl methyl sites for hydroxylation is 1. The van der Waals surface area contributed by atoms with Crippen LogP contribution in [0.2, 0.25) is 10.0 Å². The van der Waals surface area contributed by atoms with Gasteiger partial charge in [0.25, 0.3) is 0 Å². The van der Waals surface area contributed by atoms with E-state index in [1.165, 1.54) is 5.56 Å². The van der Waals surface area contributed by atoms with Gasteiger partial charge >= 0.3 is 0 Å². The summed E-state index contributed by atoms with van der Waals surface area (Å²) in [5.41, 5.74) is 4.35. The molecule has 29 heavy (non-hydrogen) atoms. The van der Waals surface area contributed by atoms with Crippen molar-refractivity contribution in [3.05, 3.63) is 94.0 Å². The monoisotopic (exact) mass is 439 g/mol. The molecule has 0 fully saturated rings. The van der Waals surface area contributed by atoms with Crippen LogP contribution < -0.4 is 0 Å². The van der Waals surface area contributed by atoms with Gasteiger partial charge in [-0.3, -0.25) is 4.57 Å². The van der Waals surface area contributed by atoms with Crippen molar-refractivity contribution in [1.82, 2.24) is 14.8 Å². The van der Waals surface area contributed by atoms with E-state index < -0.39 is 0 Å². The summed E-state index contributed by atoms with van der Waals surface area (Å²) < 4.78 is 2.09. The van der Waals surface area contributed by atoms with Crippen molar-refractivity contribution in [3.8, 4) is 17.1 Å². The number of nitrogens with zero attached hydrogens (tertiary/aromatic N) is 3. The van der Waals surface area contributed by atoms with Crippen LogP contribution in [0.1, 0.15) is 18.1 Å². The molecule has 1 heterocycles. The minimum absolute atomic E-state index is 0.695. The summed E-state index contributed by atoms with van der Waals surface area (Å²) in [4.78, 5) is 0.